The molecule has 0 saturated carbocycles. The predicted octanol–water partition coefficient (Wildman–Crippen LogP) is 6.44. The quantitative estimate of drug-likeness (QED) is 0.486. The molecule has 0 aliphatic heterocycles. The van der Waals surface area contributed by atoms with Crippen molar-refractivity contribution in [2.24, 2.45) is 0 Å². The summed E-state index contributed by atoms with van der Waals surface area (Å²) in [5.74, 6) is -0.577. The van der Waals surface area contributed by atoms with E-state index in [1.807, 2.05) is 30.3 Å². The van der Waals surface area contributed by atoms with E-state index < -0.39 is 0 Å². The maximum atomic E-state index is 13.1. The van der Waals surface area contributed by atoms with Crippen molar-refractivity contribution in [2.45, 2.75) is 25.7 Å². The third-order valence-electron chi connectivity index (χ3n) is 4.83. The highest BCUT2D eigenvalue weighted by Gasteiger charge is 2.27. The summed E-state index contributed by atoms with van der Waals surface area (Å²) in [5, 5.41) is 7.13. The lowest BCUT2D eigenvalue weighted by Gasteiger charge is -2.13. The highest BCUT2D eigenvalue weighted by molar-refractivity contribution is 7.17. The zero-order valence-corrected chi connectivity index (χ0v) is 17.8. The van der Waals surface area contributed by atoms with Gasteiger partial charge in [0.2, 0.25) is 0 Å². The van der Waals surface area contributed by atoms with E-state index in [9.17, 15) is 9.59 Å². The molecule has 2 N–H and O–H groups in total. The van der Waals surface area contributed by atoms with Crippen LogP contribution in [0.2, 0.25) is 10.0 Å². The van der Waals surface area contributed by atoms with Crippen molar-refractivity contribution in [2.75, 3.05) is 10.6 Å². The summed E-state index contributed by atoms with van der Waals surface area (Å²) in [5.41, 5.74) is 2.61. The normalized spacial score (nSPS) is 12.9. The Morgan fingerprint density at radius 3 is 2.41 bits per heavy atom. The second-order valence-electron chi connectivity index (χ2n) is 6.81. The smallest absolute Gasteiger partial charge is 0.258 e. The first-order chi connectivity index (χ1) is 14.0. The summed E-state index contributed by atoms with van der Waals surface area (Å²) < 4.78 is 0. The van der Waals surface area contributed by atoms with E-state index in [0.29, 0.717) is 26.8 Å². The van der Waals surface area contributed by atoms with E-state index >= 15 is 0 Å². The van der Waals surface area contributed by atoms with Gasteiger partial charge in [-0.1, -0.05) is 41.4 Å². The molecule has 3 aromatic rings. The van der Waals surface area contributed by atoms with Crippen molar-refractivity contribution in [3.63, 3.8) is 0 Å². The number of carbonyl (C=O) groups excluding carboxylic acids is 2. The van der Waals surface area contributed by atoms with Gasteiger partial charge in [0.25, 0.3) is 11.8 Å². The number of fused-ring (bicyclic) bond motifs is 1. The highest BCUT2D eigenvalue weighted by atomic mass is 35.5. The largest absolute Gasteiger partial charge is 0.322 e. The minimum Gasteiger partial charge on any atom is -0.322 e. The monoisotopic (exact) mass is 444 g/mol. The van der Waals surface area contributed by atoms with Crippen LogP contribution in [0, 0.1) is 0 Å². The molecule has 0 atom stereocenters. The number of amides is 2. The Morgan fingerprint density at radius 1 is 0.897 bits per heavy atom. The van der Waals surface area contributed by atoms with Crippen LogP contribution in [0.1, 0.15) is 44.0 Å². The van der Waals surface area contributed by atoms with Crippen LogP contribution >= 0.6 is 34.5 Å². The van der Waals surface area contributed by atoms with Crippen LogP contribution in [0.25, 0.3) is 0 Å². The standard InChI is InChI=1S/C22H18Cl2N2O2S/c23-13-10-11-15(17(24)12-13)20(27)26-22-19(16-8-4-5-9-18(16)29-22)21(28)25-14-6-2-1-3-7-14/h1-3,6-7,10-12H,4-5,8-9H2,(H,25,28)(H,26,27). The molecule has 4 nitrogen and oxygen atoms in total. The SMILES string of the molecule is O=C(Nc1sc2c(c1C(=O)Nc1ccccc1)CCCC2)c1ccc(Cl)cc1Cl. The molecule has 1 aliphatic rings. The highest BCUT2D eigenvalue weighted by Crippen LogP contribution is 2.39. The molecule has 7 heteroatoms. The molecule has 2 amide bonds. The van der Waals surface area contributed by atoms with Crippen LogP contribution in [0.4, 0.5) is 10.7 Å². The Hall–Kier alpha value is -2.34. The van der Waals surface area contributed by atoms with E-state index in [1.165, 1.54) is 17.4 Å². The molecule has 1 aliphatic carbocycles. The van der Waals surface area contributed by atoms with E-state index in [1.54, 1.807) is 12.1 Å². The molecule has 0 unspecified atom stereocenters. The zero-order valence-electron chi connectivity index (χ0n) is 15.4. The van der Waals surface area contributed by atoms with Gasteiger partial charge in [-0.3, -0.25) is 9.59 Å². The van der Waals surface area contributed by atoms with Crippen LogP contribution in [0.3, 0.4) is 0 Å². The topological polar surface area (TPSA) is 58.2 Å². The molecule has 0 radical (unpaired) electrons. The van der Waals surface area contributed by atoms with Crippen LogP contribution in [0.5, 0.6) is 0 Å². The number of hydrogen-bond acceptors (Lipinski definition) is 3. The second-order valence-corrected chi connectivity index (χ2v) is 8.76. The molecular weight excluding hydrogens is 427 g/mol. The minimum absolute atomic E-state index is 0.215. The van der Waals surface area contributed by atoms with Gasteiger partial charge in [0.15, 0.2) is 0 Å². The van der Waals surface area contributed by atoms with Gasteiger partial charge in [0.05, 0.1) is 16.1 Å². The molecular formula is C22H18Cl2N2O2S. The van der Waals surface area contributed by atoms with Gasteiger partial charge in [-0.15, -0.1) is 11.3 Å². The molecule has 2 aromatic carbocycles. The van der Waals surface area contributed by atoms with Gasteiger partial charge in [-0.25, -0.2) is 0 Å². The van der Waals surface area contributed by atoms with Gasteiger partial charge in [0, 0.05) is 15.6 Å². The van der Waals surface area contributed by atoms with Crippen LogP contribution in [-0.4, -0.2) is 11.8 Å². The van der Waals surface area contributed by atoms with E-state index in [-0.39, 0.29) is 16.8 Å². The number of rotatable bonds is 4. The molecule has 0 spiro atoms. The fourth-order valence-electron chi connectivity index (χ4n) is 3.45. The number of halogens is 2. The summed E-state index contributed by atoms with van der Waals surface area (Å²) in [4.78, 5) is 27.1. The number of nitrogens with one attached hydrogen (secondary N) is 2. The van der Waals surface area contributed by atoms with Gasteiger partial charge in [-0.05, 0) is 61.6 Å². The van der Waals surface area contributed by atoms with E-state index in [4.69, 9.17) is 23.2 Å². The Morgan fingerprint density at radius 2 is 1.66 bits per heavy atom. The van der Waals surface area contributed by atoms with Crippen molar-refractivity contribution < 1.29 is 9.59 Å². The fraction of sp³-hybridized carbons (Fsp3) is 0.182. The molecule has 0 saturated heterocycles. The van der Waals surface area contributed by atoms with Crippen molar-refractivity contribution in [1.82, 2.24) is 0 Å². The lowest BCUT2D eigenvalue weighted by Crippen LogP contribution is -2.18. The first-order valence-corrected chi connectivity index (χ1v) is 10.9. The van der Waals surface area contributed by atoms with Gasteiger partial charge in [-0.2, -0.15) is 0 Å². The lowest BCUT2D eigenvalue weighted by atomic mass is 9.95. The number of hydrogen-bond donors (Lipinski definition) is 2. The summed E-state index contributed by atoms with van der Waals surface area (Å²) in [6.45, 7) is 0. The number of para-hydroxylation sites is 1. The number of carbonyl (C=O) groups is 2. The van der Waals surface area contributed by atoms with Crippen LogP contribution < -0.4 is 10.6 Å². The maximum absolute atomic E-state index is 13.1. The van der Waals surface area contributed by atoms with Crippen LogP contribution in [0.15, 0.2) is 48.5 Å². The van der Waals surface area contributed by atoms with Crippen LogP contribution in [-0.2, 0) is 12.8 Å². The zero-order chi connectivity index (χ0) is 20.4. The third kappa shape index (κ3) is 4.32. The van der Waals surface area contributed by atoms with Gasteiger partial charge in [0.1, 0.15) is 5.00 Å². The van der Waals surface area contributed by atoms with Crippen molar-refractivity contribution in [3.05, 3.63) is 80.1 Å². The molecule has 1 aromatic heterocycles. The average molecular weight is 445 g/mol. The molecule has 1 heterocycles. The van der Waals surface area contributed by atoms with E-state index in [0.717, 1.165) is 36.1 Å². The first kappa shape index (κ1) is 20.0. The van der Waals surface area contributed by atoms with Gasteiger partial charge < -0.3 is 10.6 Å². The molecule has 29 heavy (non-hydrogen) atoms. The summed E-state index contributed by atoms with van der Waals surface area (Å²) in [7, 11) is 0. The number of thiophene rings is 1. The Labute approximate surface area is 182 Å². The summed E-state index contributed by atoms with van der Waals surface area (Å²) >= 11 is 13.6. The molecule has 0 fully saturated rings. The Bertz CT molecular complexity index is 1080. The Kier molecular flexibility index (Phi) is 5.90. The number of benzene rings is 2. The maximum Gasteiger partial charge on any atom is 0.258 e. The van der Waals surface area contributed by atoms with E-state index in [2.05, 4.69) is 10.6 Å². The fourth-order valence-corrected chi connectivity index (χ4v) is 5.23. The van der Waals surface area contributed by atoms with Gasteiger partial charge >= 0.3 is 0 Å². The molecule has 4 rings (SSSR count). The third-order valence-corrected chi connectivity index (χ3v) is 6.59. The predicted molar refractivity (Wildman–Crippen MR) is 120 cm³/mol. The number of anilines is 2. The van der Waals surface area contributed by atoms with Crippen molar-refractivity contribution >= 4 is 57.0 Å². The molecule has 0 bridgehead atoms. The number of aryl methyl sites for hydroxylation is 1. The van der Waals surface area contributed by atoms with Crippen molar-refractivity contribution in [1.29, 1.82) is 0 Å². The van der Waals surface area contributed by atoms with Crippen molar-refractivity contribution in [3.8, 4) is 0 Å². The Balaban J connectivity index is 1.67. The minimum atomic E-state index is -0.362. The summed E-state index contributed by atoms with van der Waals surface area (Å²) in [6.07, 6.45) is 3.87. The summed E-state index contributed by atoms with van der Waals surface area (Å²) in [6, 6.07) is 14.0. The average Bonchev–Trinajstić information content (AvgIpc) is 3.06. The second kappa shape index (κ2) is 8.57. The lowest BCUT2D eigenvalue weighted by molar-refractivity contribution is 0.102. The molecule has 148 valence electrons. The first-order valence-electron chi connectivity index (χ1n) is 9.30.